The Morgan fingerprint density at radius 3 is 2.49 bits per heavy atom. The van der Waals surface area contributed by atoms with E-state index in [0.29, 0.717) is 28.3 Å². The molecule has 2 aromatic rings. The van der Waals surface area contributed by atoms with Gasteiger partial charge in [-0.05, 0) is 48.7 Å². The maximum atomic E-state index is 13.4. The maximum Gasteiger partial charge on any atom is 0.283 e. The van der Waals surface area contributed by atoms with Gasteiger partial charge in [-0.2, -0.15) is 0 Å². The molecule has 1 heterocycles. The summed E-state index contributed by atoms with van der Waals surface area (Å²) in [6.45, 7) is 0. The molecule has 0 unspecified atom stereocenters. The number of methoxy groups -OCH3 is 2. The van der Waals surface area contributed by atoms with E-state index in [-0.39, 0.29) is 17.6 Å². The first-order valence-electron chi connectivity index (χ1n) is 11.8. The van der Waals surface area contributed by atoms with E-state index in [1.54, 1.807) is 31.3 Å². The molecule has 0 spiro atoms. The number of benzene rings is 2. The molecule has 184 valence electrons. The van der Waals surface area contributed by atoms with Crippen LogP contribution in [-0.4, -0.2) is 54.9 Å². The van der Waals surface area contributed by atoms with Crippen molar-refractivity contribution in [1.82, 2.24) is 4.90 Å². The number of nitrogens with zero attached hydrogens (tertiary/aromatic N) is 3. The zero-order chi connectivity index (χ0) is 24.8. The Kier molecular flexibility index (Phi) is 8.13. The number of carbonyl (C=O) groups excluding carboxylic acids is 2. The maximum absolute atomic E-state index is 13.4. The second-order valence-corrected chi connectivity index (χ2v) is 9.57. The molecule has 2 amide bonds. The molecule has 0 atom stereocenters. The Morgan fingerprint density at radius 1 is 1.09 bits per heavy atom. The molecule has 1 aliphatic heterocycles. The smallest absolute Gasteiger partial charge is 0.283 e. The highest BCUT2D eigenvalue weighted by atomic mass is 32.2. The van der Waals surface area contributed by atoms with Gasteiger partial charge in [-0.3, -0.25) is 14.5 Å². The van der Waals surface area contributed by atoms with Gasteiger partial charge in [-0.1, -0.05) is 49.2 Å². The number of thioether (sulfide) groups is 1. The van der Waals surface area contributed by atoms with Gasteiger partial charge in [-0.15, -0.1) is 0 Å². The van der Waals surface area contributed by atoms with Crippen LogP contribution in [0.5, 0.6) is 11.5 Å². The first-order valence-corrected chi connectivity index (χ1v) is 12.8. The Balaban J connectivity index is 1.57. The van der Waals surface area contributed by atoms with E-state index < -0.39 is 0 Å². The van der Waals surface area contributed by atoms with Crippen LogP contribution in [0.3, 0.4) is 0 Å². The molecule has 0 saturated heterocycles. The molecule has 0 N–H and O–H groups in total. The monoisotopic (exact) mass is 493 g/mol. The molecule has 1 saturated carbocycles. The van der Waals surface area contributed by atoms with Gasteiger partial charge in [0.25, 0.3) is 5.91 Å². The lowest BCUT2D eigenvalue weighted by molar-refractivity contribution is -0.129. The molecule has 1 aliphatic carbocycles. The number of anilines is 1. The number of rotatable bonds is 7. The van der Waals surface area contributed by atoms with Gasteiger partial charge in [0.05, 0.1) is 25.7 Å². The predicted molar refractivity (Wildman–Crippen MR) is 141 cm³/mol. The van der Waals surface area contributed by atoms with Crippen molar-refractivity contribution in [3.8, 4) is 11.5 Å². The highest BCUT2D eigenvalue weighted by Gasteiger charge is 2.33. The molecule has 0 aromatic heterocycles. The molecule has 4 rings (SSSR count). The minimum Gasteiger partial charge on any atom is -0.497 e. The molecule has 2 aliphatic rings. The second-order valence-electron chi connectivity index (χ2n) is 8.62. The van der Waals surface area contributed by atoms with Crippen LogP contribution in [0.1, 0.15) is 37.7 Å². The molecular formula is C27H31N3O4S. The van der Waals surface area contributed by atoms with Crippen molar-refractivity contribution >= 4 is 40.5 Å². The highest BCUT2D eigenvalue weighted by Crippen LogP contribution is 2.32. The molecule has 1 fully saturated rings. The van der Waals surface area contributed by atoms with Crippen LogP contribution in [0.4, 0.5) is 5.69 Å². The third-order valence-electron chi connectivity index (χ3n) is 6.40. The van der Waals surface area contributed by atoms with Gasteiger partial charge < -0.3 is 14.4 Å². The molecule has 7 nitrogen and oxygen atoms in total. The summed E-state index contributed by atoms with van der Waals surface area (Å²) in [5.41, 5.74) is 1.79. The summed E-state index contributed by atoms with van der Waals surface area (Å²) in [6.07, 6.45) is 7.43. The van der Waals surface area contributed by atoms with E-state index in [4.69, 9.17) is 9.47 Å². The fraction of sp³-hybridized carbons (Fsp3) is 0.370. The fourth-order valence-electron chi connectivity index (χ4n) is 4.33. The number of hydrogen-bond acceptors (Lipinski definition) is 6. The average Bonchev–Trinajstić information content (AvgIpc) is 3.22. The van der Waals surface area contributed by atoms with Gasteiger partial charge in [0.2, 0.25) is 5.91 Å². The molecule has 35 heavy (non-hydrogen) atoms. The van der Waals surface area contributed by atoms with Crippen molar-refractivity contribution in [3.63, 3.8) is 0 Å². The van der Waals surface area contributed by atoms with Crippen molar-refractivity contribution in [2.45, 2.75) is 38.1 Å². The molecule has 0 radical (unpaired) electrons. The number of aliphatic imine (C=N–C) groups is 1. The largest absolute Gasteiger partial charge is 0.497 e. The van der Waals surface area contributed by atoms with E-state index in [1.165, 1.54) is 31.0 Å². The van der Waals surface area contributed by atoms with Gasteiger partial charge >= 0.3 is 0 Å². The number of carbonyl (C=O) groups is 2. The number of ether oxygens (including phenoxy) is 2. The van der Waals surface area contributed by atoms with Crippen LogP contribution in [-0.2, 0) is 9.59 Å². The standard InChI is InChI=1S/C27H31N3O4S/c1-29(20-8-5-4-6-9-20)25(31)18-35-27-28-24(16-19-12-14-22(33-2)15-13-19)26(32)30(27)21-10-7-11-23(17-21)34-3/h7,10-17,20H,4-6,8-9,18H2,1-3H3/b24-16-. The molecule has 0 bridgehead atoms. The number of amides is 2. The van der Waals surface area contributed by atoms with Crippen molar-refractivity contribution in [3.05, 3.63) is 59.8 Å². The number of hydrogen-bond donors (Lipinski definition) is 0. The van der Waals surface area contributed by atoms with Gasteiger partial charge in [0.15, 0.2) is 5.17 Å². The minimum absolute atomic E-state index is 0.0511. The summed E-state index contributed by atoms with van der Waals surface area (Å²) >= 11 is 1.29. The summed E-state index contributed by atoms with van der Waals surface area (Å²) in [5, 5.41) is 0.480. The summed E-state index contributed by atoms with van der Waals surface area (Å²) in [6, 6.07) is 15.0. The molecule has 2 aromatic carbocycles. The van der Waals surface area contributed by atoms with E-state index in [1.807, 2.05) is 54.4 Å². The van der Waals surface area contributed by atoms with E-state index in [9.17, 15) is 9.59 Å². The average molecular weight is 494 g/mol. The van der Waals surface area contributed by atoms with Crippen LogP contribution in [0.15, 0.2) is 59.2 Å². The zero-order valence-electron chi connectivity index (χ0n) is 20.4. The lowest BCUT2D eigenvalue weighted by Crippen LogP contribution is -2.40. The zero-order valence-corrected chi connectivity index (χ0v) is 21.2. The first kappa shape index (κ1) is 24.9. The Hall–Kier alpha value is -3.26. The second kappa shape index (κ2) is 11.4. The third-order valence-corrected chi connectivity index (χ3v) is 7.32. The topological polar surface area (TPSA) is 71.4 Å². The van der Waals surface area contributed by atoms with E-state index in [2.05, 4.69) is 4.99 Å². The molecular weight excluding hydrogens is 462 g/mol. The molecule has 8 heteroatoms. The third kappa shape index (κ3) is 5.88. The van der Waals surface area contributed by atoms with Crippen LogP contribution in [0, 0.1) is 0 Å². The van der Waals surface area contributed by atoms with Gasteiger partial charge in [-0.25, -0.2) is 4.99 Å². The van der Waals surface area contributed by atoms with E-state index >= 15 is 0 Å². The first-order chi connectivity index (χ1) is 17.0. The van der Waals surface area contributed by atoms with Crippen LogP contribution >= 0.6 is 11.8 Å². The van der Waals surface area contributed by atoms with Crippen LogP contribution in [0.25, 0.3) is 6.08 Å². The lowest BCUT2D eigenvalue weighted by atomic mass is 9.94. The van der Waals surface area contributed by atoms with Crippen molar-refractivity contribution < 1.29 is 19.1 Å². The van der Waals surface area contributed by atoms with Crippen molar-refractivity contribution in [2.75, 3.05) is 31.9 Å². The Morgan fingerprint density at radius 2 is 1.80 bits per heavy atom. The van der Waals surface area contributed by atoms with Gasteiger partial charge in [0, 0.05) is 19.2 Å². The van der Waals surface area contributed by atoms with E-state index in [0.717, 1.165) is 24.2 Å². The predicted octanol–water partition coefficient (Wildman–Crippen LogP) is 4.97. The summed E-state index contributed by atoms with van der Waals surface area (Å²) in [7, 11) is 5.08. The van der Waals surface area contributed by atoms with Crippen molar-refractivity contribution in [1.29, 1.82) is 0 Å². The fourth-order valence-corrected chi connectivity index (χ4v) is 5.26. The quantitative estimate of drug-likeness (QED) is 0.509. The Bertz CT molecular complexity index is 1120. The van der Waals surface area contributed by atoms with Crippen LogP contribution in [0.2, 0.25) is 0 Å². The summed E-state index contributed by atoms with van der Waals surface area (Å²) in [4.78, 5) is 34.5. The Labute approximate surface area is 210 Å². The minimum atomic E-state index is -0.246. The van der Waals surface area contributed by atoms with Crippen molar-refractivity contribution in [2.24, 2.45) is 4.99 Å². The summed E-state index contributed by atoms with van der Waals surface area (Å²) < 4.78 is 10.6. The summed E-state index contributed by atoms with van der Waals surface area (Å²) in [5.74, 6) is 1.40. The normalized spacial score (nSPS) is 17.5. The SMILES string of the molecule is COc1ccc(/C=C2\N=C(SCC(=O)N(C)C3CCCCC3)N(c3cccc(OC)c3)C2=O)cc1. The van der Waals surface area contributed by atoms with Gasteiger partial charge in [0.1, 0.15) is 17.2 Å². The van der Waals surface area contributed by atoms with Crippen LogP contribution < -0.4 is 14.4 Å². The highest BCUT2D eigenvalue weighted by molar-refractivity contribution is 8.14. The lowest BCUT2D eigenvalue weighted by Gasteiger charge is -2.31. The number of amidine groups is 1.